The predicted octanol–water partition coefficient (Wildman–Crippen LogP) is 2.84. The molecule has 1 aromatic rings. The van der Waals surface area contributed by atoms with Gasteiger partial charge in [-0.25, -0.2) is 0 Å². The maximum atomic E-state index is 11.0. The molecule has 0 spiro atoms. The van der Waals surface area contributed by atoms with E-state index in [1.54, 1.807) is 12.1 Å². The van der Waals surface area contributed by atoms with Gasteiger partial charge in [-0.2, -0.15) is 5.26 Å². The van der Waals surface area contributed by atoms with Gasteiger partial charge in [0.25, 0.3) is 0 Å². The largest absolute Gasteiger partial charge is 0.496 e. The molecule has 0 bridgehead atoms. The lowest BCUT2D eigenvalue weighted by Gasteiger charge is -2.21. The average molecular weight is 229 g/mol. The number of benzene rings is 1. The Morgan fingerprint density at radius 1 is 1.41 bits per heavy atom. The fourth-order valence-electron chi connectivity index (χ4n) is 2.57. The monoisotopic (exact) mass is 229 g/mol. The summed E-state index contributed by atoms with van der Waals surface area (Å²) in [6.45, 7) is 0. The molecule has 0 N–H and O–H groups in total. The fourth-order valence-corrected chi connectivity index (χ4v) is 2.57. The predicted molar refractivity (Wildman–Crippen MR) is 64.1 cm³/mol. The molecule has 1 aliphatic carbocycles. The topological polar surface area (TPSA) is 50.1 Å². The number of methoxy groups -OCH3 is 1. The molecule has 0 heterocycles. The first-order chi connectivity index (χ1) is 8.25. The van der Waals surface area contributed by atoms with Crippen LogP contribution in [-0.4, -0.2) is 13.4 Å². The molecule has 1 aliphatic rings. The summed E-state index contributed by atoms with van der Waals surface area (Å²) in [5, 5.41) is 9.39. The van der Waals surface area contributed by atoms with E-state index in [9.17, 15) is 10.1 Å². The molecule has 1 fully saturated rings. The third-order valence-electron chi connectivity index (χ3n) is 3.58. The number of ether oxygens (including phenoxy) is 1. The number of rotatable bonds is 3. The quantitative estimate of drug-likeness (QED) is 0.749. The normalized spacial score (nSPS) is 17.4. The highest BCUT2D eigenvalue weighted by Crippen LogP contribution is 2.41. The summed E-state index contributed by atoms with van der Waals surface area (Å²) >= 11 is 0. The van der Waals surface area contributed by atoms with E-state index in [1.807, 2.05) is 6.07 Å². The number of aldehydes is 1. The maximum Gasteiger partial charge on any atom is 0.153 e. The van der Waals surface area contributed by atoms with Crippen LogP contribution in [0.3, 0.4) is 0 Å². The molecule has 3 nitrogen and oxygen atoms in total. The first-order valence-electron chi connectivity index (χ1n) is 5.81. The van der Waals surface area contributed by atoms with Gasteiger partial charge in [0.2, 0.25) is 0 Å². The van der Waals surface area contributed by atoms with Gasteiger partial charge in [-0.3, -0.25) is 4.79 Å². The van der Waals surface area contributed by atoms with Gasteiger partial charge < -0.3 is 4.74 Å². The zero-order chi connectivity index (χ0) is 12.3. The Labute approximate surface area is 101 Å². The number of carbonyl (C=O) groups excluding carboxylic acids is 1. The number of nitrogens with zero attached hydrogens (tertiary/aromatic N) is 1. The smallest absolute Gasteiger partial charge is 0.153 e. The van der Waals surface area contributed by atoms with Gasteiger partial charge in [0, 0.05) is 0 Å². The molecular weight excluding hydrogens is 214 g/mol. The van der Waals surface area contributed by atoms with Crippen LogP contribution in [0.2, 0.25) is 0 Å². The van der Waals surface area contributed by atoms with E-state index in [0.29, 0.717) is 11.3 Å². The Bertz CT molecular complexity index is 468. The molecule has 17 heavy (non-hydrogen) atoms. The van der Waals surface area contributed by atoms with Crippen LogP contribution in [0.5, 0.6) is 5.75 Å². The lowest BCUT2D eigenvalue weighted by molar-refractivity contribution is 0.112. The van der Waals surface area contributed by atoms with Crippen molar-refractivity contribution < 1.29 is 9.53 Å². The molecule has 0 amide bonds. The van der Waals surface area contributed by atoms with E-state index in [4.69, 9.17) is 4.74 Å². The van der Waals surface area contributed by atoms with E-state index in [1.165, 1.54) is 7.11 Å². The van der Waals surface area contributed by atoms with Gasteiger partial charge >= 0.3 is 0 Å². The number of hydrogen-bond acceptors (Lipinski definition) is 3. The van der Waals surface area contributed by atoms with E-state index < -0.39 is 5.41 Å². The minimum absolute atomic E-state index is 0.399. The third kappa shape index (κ3) is 1.91. The van der Waals surface area contributed by atoms with Gasteiger partial charge in [-0.15, -0.1) is 0 Å². The zero-order valence-electron chi connectivity index (χ0n) is 9.90. The van der Waals surface area contributed by atoms with Crippen molar-refractivity contribution in [3.8, 4) is 11.8 Å². The van der Waals surface area contributed by atoms with E-state index in [-0.39, 0.29) is 0 Å². The van der Waals surface area contributed by atoms with Crippen molar-refractivity contribution >= 4 is 6.29 Å². The van der Waals surface area contributed by atoms with Crippen molar-refractivity contribution in [2.75, 3.05) is 7.11 Å². The van der Waals surface area contributed by atoms with Crippen molar-refractivity contribution in [3.05, 3.63) is 29.3 Å². The summed E-state index contributed by atoms with van der Waals surface area (Å²) in [4.78, 5) is 11.0. The molecule has 0 aliphatic heterocycles. The molecular formula is C14H15NO2. The molecule has 88 valence electrons. The van der Waals surface area contributed by atoms with Crippen molar-refractivity contribution in [2.24, 2.45) is 0 Å². The Morgan fingerprint density at radius 2 is 2.12 bits per heavy atom. The number of hydrogen-bond donors (Lipinski definition) is 0. The van der Waals surface area contributed by atoms with Crippen molar-refractivity contribution in [1.29, 1.82) is 5.26 Å². The first-order valence-corrected chi connectivity index (χ1v) is 5.81. The molecule has 0 atom stereocenters. The summed E-state index contributed by atoms with van der Waals surface area (Å²) in [7, 11) is 1.54. The van der Waals surface area contributed by atoms with Crippen LogP contribution in [0, 0.1) is 11.3 Å². The zero-order valence-corrected chi connectivity index (χ0v) is 9.90. The molecule has 1 saturated carbocycles. The fraction of sp³-hybridized carbons (Fsp3) is 0.429. The second-order valence-electron chi connectivity index (χ2n) is 4.48. The second-order valence-corrected chi connectivity index (χ2v) is 4.48. The molecule has 2 rings (SSSR count). The van der Waals surface area contributed by atoms with Crippen molar-refractivity contribution in [1.82, 2.24) is 0 Å². The lowest BCUT2D eigenvalue weighted by Crippen LogP contribution is -2.19. The SMILES string of the molecule is COc1ccc(C2(C#N)CCCC2)cc1C=O. The molecule has 1 aromatic carbocycles. The first kappa shape index (κ1) is 11.7. The van der Waals surface area contributed by atoms with Crippen LogP contribution in [0.4, 0.5) is 0 Å². The lowest BCUT2D eigenvalue weighted by atomic mass is 9.80. The summed E-state index contributed by atoms with van der Waals surface area (Å²) in [6, 6.07) is 7.90. The van der Waals surface area contributed by atoms with Crippen LogP contribution >= 0.6 is 0 Å². The highest BCUT2D eigenvalue weighted by molar-refractivity contribution is 5.80. The molecule has 0 radical (unpaired) electrons. The van der Waals surface area contributed by atoms with Gasteiger partial charge in [0.1, 0.15) is 5.75 Å². The Hall–Kier alpha value is -1.82. The Balaban J connectivity index is 2.46. The molecule has 0 aromatic heterocycles. The minimum atomic E-state index is -0.399. The highest BCUT2D eigenvalue weighted by Gasteiger charge is 2.36. The second kappa shape index (κ2) is 4.58. The maximum absolute atomic E-state index is 11.0. The molecule has 3 heteroatoms. The summed E-state index contributed by atoms with van der Waals surface area (Å²) < 4.78 is 5.11. The van der Waals surface area contributed by atoms with Crippen molar-refractivity contribution in [2.45, 2.75) is 31.1 Å². The highest BCUT2D eigenvalue weighted by atomic mass is 16.5. The Morgan fingerprint density at radius 3 is 2.65 bits per heavy atom. The van der Waals surface area contributed by atoms with Gasteiger partial charge in [0.15, 0.2) is 6.29 Å². The summed E-state index contributed by atoms with van der Waals surface area (Å²) in [6.07, 6.45) is 4.70. The summed E-state index contributed by atoms with van der Waals surface area (Å²) in [5.41, 5.74) is 1.07. The van der Waals surface area contributed by atoms with Crippen LogP contribution in [0.1, 0.15) is 41.6 Å². The van der Waals surface area contributed by atoms with E-state index >= 15 is 0 Å². The third-order valence-corrected chi connectivity index (χ3v) is 3.58. The van der Waals surface area contributed by atoms with Gasteiger partial charge in [-0.1, -0.05) is 18.9 Å². The van der Waals surface area contributed by atoms with Crippen LogP contribution in [0.15, 0.2) is 18.2 Å². The van der Waals surface area contributed by atoms with Gasteiger partial charge in [-0.05, 0) is 30.5 Å². The summed E-state index contributed by atoms with van der Waals surface area (Å²) in [5.74, 6) is 0.565. The van der Waals surface area contributed by atoms with E-state index in [0.717, 1.165) is 37.5 Å². The number of carbonyl (C=O) groups is 1. The number of nitriles is 1. The molecule has 0 saturated heterocycles. The van der Waals surface area contributed by atoms with Crippen LogP contribution in [0.25, 0.3) is 0 Å². The molecule has 0 unspecified atom stereocenters. The van der Waals surface area contributed by atoms with Gasteiger partial charge in [0.05, 0.1) is 24.2 Å². The van der Waals surface area contributed by atoms with Crippen molar-refractivity contribution in [3.63, 3.8) is 0 Å². The van der Waals surface area contributed by atoms with E-state index in [2.05, 4.69) is 6.07 Å². The van der Waals surface area contributed by atoms with Crippen LogP contribution in [-0.2, 0) is 5.41 Å². The Kier molecular flexibility index (Phi) is 3.14. The van der Waals surface area contributed by atoms with Crippen LogP contribution < -0.4 is 4.74 Å². The average Bonchev–Trinajstić information content (AvgIpc) is 2.88. The standard InChI is InChI=1S/C14H15NO2/c1-17-13-5-4-12(8-11(13)9-16)14(10-15)6-2-3-7-14/h4-5,8-9H,2-3,6-7H2,1H3. The minimum Gasteiger partial charge on any atom is -0.496 e.